The highest BCUT2D eigenvalue weighted by molar-refractivity contribution is 5.92. The molecule has 2 rings (SSSR count). The number of H-pyrrole nitrogens is 2. The van der Waals surface area contributed by atoms with E-state index in [1.54, 1.807) is 25.2 Å². The van der Waals surface area contributed by atoms with E-state index in [1.807, 2.05) is 0 Å². The standard InChI is InChI=1S/C14H15N3O4/c1-17(12(18)11-8-15-14(21)16-11)7-6-9-4-2-3-5-10(9)13(19)20/h2-5,8H,6-7H2,1H3,(H,19,20)(H2,15,16,21). The Morgan fingerprint density at radius 2 is 2.00 bits per heavy atom. The van der Waals surface area contributed by atoms with Crippen molar-refractivity contribution in [1.29, 1.82) is 0 Å². The number of carboxylic acids is 1. The number of benzene rings is 1. The molecule has 1 amide bonds. The number of rotatable bonds is 5. The number of carboxylic acid groups (broad SMARTS) is 1. The fourth-order valence-corrected chi connectivity index (χ4v) is 1.99. The third-order valence-corrected chi connectivity index (χ3v) is 3.14. The van der Waals surface area contributed by atoms with E-state index in [9.17, 15) is 14.4 Å². The fourth-order valence-electron chi connectivity index (χ4n) is 1.99. The third kappa shape index (κ3) is 3.38. The summed E-state index contributed by atoms with van der Waals surface area (Å²) < 4.78 is 0. The van der Waals surface area contributed by atoms with Crippen molar-refractivity contribution in [2.75, 3.05) is 13.6 Å². The van der Waals surface area contributed by atoms with Crippen molar-refractivity contribution in [2.24, 2.45) is 0 Å². The second kappa shape index (κ2) is 6.08. The van der Waals surface area contributed by atoms with Crippen molar-refractivity contribution in [1.82, 2.24) is 14.9 Å². The number of nitrogens with one attached hydrogen (secondary N) is 2. The molecule has 21 heavy (non-hydrogen) atoms. The Kier molecular flexibility index (Phi) is 4.22. The van der Waals surface area contributed by atoms with Gasteiger partial charge in [-0.05, 0) is 18.1 Å². The normalized spacial score (nSPS) is 10.3. The minimum atomic E-state index is -0.991. The van der Waals surface area contributed by atoms with Crippen molar-refractivity contribution in [3.8, 4) is 0 Å². The van der Waals surface area contributed by atoms with Crippen molar-refractivity contribution in [3.05, 3.63) is 57.8 Å². The van der Waals surface area contributed by atoms with Gasteiger partial charge in [0.1, 0.15) is 5.69 Å². The first-order chi connectivity index (χ1) is 9.99. The van der Waals surface area contributed by atoms with E-state index < -0.39 is 11.7 Å². The van der Waals surface area contributed by atoms with E-state index in [4.69, 9.17) is 5.11 Å². The largest absolute Gasteiger partial charge is 0.478 e. The van der Waals surface area contributed by atoms with Gasteiger partial charge >= 0.3 is 11.7 Å². The lowest BCUT2D eigenvalue weighted by Crippen LogP contribution is -2.29. The number of aromatic amines is 2. The topological polar surface area (TPSA) is 106 Å². The van der Waals surface area contributed by atoms with Gasteiger partial charge in [0.2, 0.25) is 0 Å². The first-order valence-electron chi connectivity index (χ1n) is 6.33. The summed E-state index contributed by atoms with van der Waals surface area (Å²) in [4.78, 5) is 40.3. The Labute approximate surface area is 120 Å². The monoisotopic (exact) mass is 289 g/mol. The summed E-state index contributed by atoms with van der Waals surface area (Å²) in [6.07, 6.45) is 1.73. The molecule has 1 aromatic carbocycles. The van der Waals surface area contributed by atoms with Gasteiger partial charge in [0.25, 0.3) is 5.91 Å². The van der Waals surface area contributed by atoms with Crippen LogP contribution >= 0.6 is 0 Å². The quantitative estimate of drug-likeness (QED) is 0.753. The minimum Gasteiger partial charge on any atom is -0.478 e. The number of likely N-dealkylation sites (N-methyl/N-ethyl adjacent to an activating group) is 1. The summed E-state index contributed by atoms with van der Waals surface area (Å²) in [6.45, 7) is 0.344. The molecule has 0 aliphatic carbocycles. The van der Waals surface area contributed by atoms with E-state index in [1.165, 1.54) is 17.2 Å². The van der Waals surface area contributed by atoms with Crippen LogP contribution in [0.2, 0.25) is 0 Å². The molecule has 0 spiro atoms. The number of amides is 1. The molecule has 7 heteroatoms. The lowest BCUT2D eigenvalue weighted by Gasteiger charge is -2.16. The van der Waals surface area contributed by atoms with Crippen LogP contribution in [0.15, 0.2) is 35.3 Å². The van der Waals surface area contributed by atoms with Gasteiger partial charge < -0.3 is 20.0 Å². The summed E-state index contributed by atoms with van der Waals surface area (Å²) in [5, 5.41) is 9.10. The number of aromatic nitrogens is 2. The molecule has 0 atom stereocenters. The average molecular weight is 289 g/mol. The maximum Gasteiger partial charge on any atom is 0.335 e. The van der Waals surface area contributed by atoms with Crippen molar-refractivity contribution < 1.29 is 14.7 Å². The second-order valence-electron chi connectivity index (χ2n) is 4.60. The molecular weight excluding hydrogens is 274 g/mol. The number of carbonyl (C=O) groups is 2. The number of nitrogens with zero attached hydrogens (tertiary/aromatic N) is 1. The molecule has 0 saturated heterocycles. The zero-order valence-corrected chi connectivity index (χ0v) is 11.4. The van der Waals surface area contributed by atoms with Gasteiger partial charge in [-0.15, -0.1) is 0 Å². The van der Waals surface area contributed by atoms with Crippen molar-refractivity contribution in [2.45, 2.75) is 6.42 Å². The second-order valence-corrected chi connectivity index (χ2v) is 4.60. The first-order valence-corrected chi connectivity index (χ1v) is 6.33. The molecule has 110 valence electrons. The first kappa shape index (κ1) is 14.6. The molecule has 0 fully saturated rings. The fraction of sp³-hybridized carbons (Fsp3) is 0.214. The van der Waals surface area contributed by atoms with Gasteiger partial charge in [-0.2, -0.15) is 0 Å². The lowest BCUT2D eigenvalue weighted by atomic mass is 10.0. The van der Waals surface area contributed by atoms with E-state index >= 15 is 0 Å². The van der Waals surface area contributed by atoms with Gasteiger partial charge in [-0.25, -0.2) is 9.59 Å². The predicted octanol–water partition coefficient (Wildman–Crippen LogP) is 0.716. The summed E-state index contributed by atoms with van der Waals surface area (Å²) in [5.74, 6) is -1.32. The van der Waals surface area contributed by atoms with E-state index in [0.29, 0.717) is 18.5 Å². The molecule has 2 aromatic rings. The molecule has 3 N–H and O–H groups in total. The number of imidazole rings is 1. The molecule has 0 radical (unpaired) electrons. The Morgan fingerprint density at radius 1 is 1.29 bits per heavy atom. The zero-order valence-electron chi connectivity index (χ0n) is 11.4. The van der Waals surface area contributed by atoms with Crippen LogP contribution in [0, 0.1) is 0 Å². The summed E-state index contributed by atoms with van der Waals surface area (Å²) in [6, 6.07) is 6.67. The third-order valence-electron chi connectivity index (χ3n) is 3.14. The maximum absolute atomic E-state index is 12.0. The molecular formula is C14H15N3O4. The molecule has 1 heterocycles. The van der Waals surface area contributed by atoms with Gasteiger partial charge in [0.05, 0.1) is 5.56 Å². The van der Waals surface area contributed by atoms with Crippen LogP contribution in [0.25, 0.3) is 0 Å². The highest BCUT2D eigenvalue weighted by atomic mass is 16.4. The number of hydrogen-bond acceptors (Lipinski definition) is 3. The average Bonchev–Trinajstić information content (AvgIpc) is 2.90. The van der Waals surface area contributed by atoms with Crippen molar-refractivity contribution in [3.63, 3.8) is 0 Å². The Bertz CT molecular complexity index is 717. The number of carbonyl (C=O) groups excluding carboxylic acids is 1. The van der Waals surface area contributed by atoms with E-state index in [0.717, 1.165) is 0 Å². The smallest absolute Gasteiger partial charge is 0.335 e. The Balaban J connectivity index is 2.04. The molecule has 0 aliphatic heterocycles. The van der Waals surface area contributed by atoms with Crippen LogP contribution < -0.4 is 5.69 Å². The van der Waals surface area contributed by atoms with Gasteiger partial charge in [-0.3, -0.25) is 4.79 Å². The molecule has 7 nitrogen and oxygen atoms in total. The number of hydrogen-bond donors (Lipinski definition) is 3. The van der Waals surface area contributed by atoms with Crippen LogP contribution in [0.4, 0.5) is 0 Å². The van der Waals surface area contributed by atoms with Crippen LogP contribution in [0.5, 0.6) is 0 Å². The molecule has 0 unspecified atom stereocenters. The molecule has 0 bridgehead atoms. The highest BCUT2D eigenvalue weighted by Crippen LogP contribution is 2.10. The van der Waals surface area contributed by atoms with Crippen LogP contribution in [0.1, 0.15) is 26.4 Å². The minimum absolute atomic E-state index is 0.175. The van der Waals surface area contributed by atoms with Gasteiger partial charge in [0, 0.05) is 19.8 Å². The Hall–Kier alpha value is -2.83. The van der Waals surface area contributed by atoms with Crippen LogP contribution in [-0.4, -0.2) is 45.4 Å². The molecule has 1 aromatic heterocycles. The maximum atomic E-state index is 12.0. The van der Waals surface area contributed by atoms with Crippen molar-refractivity contribution >= 4 is 11.9 Å². The zero-order chi connectivity index (χ0) is 15.4. The summed E-state index contributed by atoms with van der Waals surface area (Å²) in [7, 11) is 1.59. The number of aromatic carboxylic acids is 1. The highest BCUT2D eigenvalue weighted by Gasteiger charge is 2.15. The SMILES string of the molecule is CN(CCc1ccccc1C(=O)O)C(=O)c1c[nH]c(=O)[nH]1. The van der Waals surface area contributed by atoms with E-state index in [-0.39, 0.29) is 17.2 Å². The van der Waals surface area contributed by atoms with E-state index in [2.05, 4.69) is 9.97 Å². The van der Waals surface area contributed by atoms with Gasteiger partial charge in [-0.1, -0.05) is 18.2 Å². The van der Waals surface area contributed by atoms with Crippen LogP contribution in [0.3, 0.4) is 0 Å². The molecule has 0 aliphatic rings. The summed E-state index contributed by atoms with van der Waals surface area (Å²) >= 11 is 0. The lowest BCUT2D eigenvalue weighted by molar-refractivity contribution is 0.0695. The molecule has 0 saturated carbocycles. The predicted molar refractivity (Wildman–Crippen MR) is 75.5 cm³/mol. The van der Waals surface area contributed by atoms with Crippen LogP contribution in [-0.2, 0) is 6.42 Å². The van der Waals surface area contributed by atoms with Gasteiger partial charge in [0.15, 0.2) is 0 Å². The Morgan fingerprint density at radius 3 is 2.62 bits per heavy atom. The summed E-state index contributed by atoms with van der Waals surface area (Å²) in [5.41, 5.74) is 0.623.